The highest BCUT2D eigenvalue weighted by Crippen LogP contribution is 2.15. The Balaban J connectivity index is 0.000000360. The Bertz CT molecular complexity index is 481. The molecule has 0 saturated carbocycles. The van der Waals surface area contributed by atoms with Gasteiger partial charge in [0, 0.05) is 0 Å². The van der Waals surface area contributed by atoms with Crippen molar-refractivity contribution in [3.05, 3.63) is 70.8 Å². The first-order valence-electron chi connectivity index (χ1n) is 7.73. The van der Waals surface area contributed by atoms with E-state index in [0.717, 1.165) is 0 Å². The van der Waals surface area contributed by atoms with Crippen LogP contribution in [0.4, 0.5) is 0 Å². The molecule has 0 heterocycles. The number of rotatable bonds is 2. The van der Waals surface area contributed by atoms with Gasteiger partial charge in [-0.2, -0.15) is 0 Å². The van der Waals surface area contributed by atoms with Crippen molar-refractivity contribution in [3.63, 3.8) is 0 Å². The molecule has 0 saturated heterocycles. The van der Waals surface area contributed by atoms with Gasteiger partial charge in [-0.3, -0.25) is 10.5 Å². The van der Waals surface area contributed by atoms with Gasteiger partial charge in [-0.25, -0.2) is 0 Å². The molecule has 22 heavy (non-hydrogen) atoms. The normalized spacial score (nSPS) is 9.73. The average Bonchev–Trinajstić information content (AvgIpc) is 2.50. The van der Waals surface area contributed by atoms with Crippen LogP contribution in [0, 0.1) is 13.8 Å². The van der Waals surface area contributed by atoms with Gasteiger partial charge in [0.05, 0.1) is 0 Å². The zero-order valence-electron chi connectivity index (χ0n) is 14.7. The zero-order chi connectivity index (χ0) is 17.1. The molecule has 0 unspecified atom stereocenters. The van der Waals surface area contributed by atoms with Crippen molar-refractivity contribution in [1.82, 2.24) is 0 Å². The first-order chi connectivity index (χ1) is 10.4. The first kappa shape index (κ1) is 20.4. The standard InChI is InChI=1S/2C10H14.H2O2/c2*1-8(2)10-6-4-5-9(3)7-10;1-2/h2*4-8H,1-3H3;1-2H. The molecule has 0 amide bonds. The monoisotopic (exact) mass is 302 g/mol. The Labute approximate surface area is 135 Å². The van der Waals surface area contributed by atoms with E-state index < -0.39 is 0 Å². The fourth-order valence-corrected chi connectivity index (χ4v) is 2.06. The molecule has 0 fully saturated rings. The van der Waals surface area contributed by atoms with Gasteiger partial charge in [-0.1, -0.05) is 87.4 Å². The third-order valence-electron chi connectivity index (χ3n) is 3.42. The highest BCUT2D eigenvalue weighted by Gasteiger charge is 1.96. The highest BCUT2D eigenvalue weighted by molar-refractivity contribution is 5.25. The van der Waals surface area contributed by atoms with Crippen molar-refractivity contribution in [2.45, 2.75) is 53.4 Å². The molecule has 0 bridgehead atoms. The maximum absolute atomic E-state index is 6.00. The minimum Gasteiger partial charge on any atom is -0.255 e. The molecule has 2 aromatic rings. The molecule has 0 aromatic heterocycles. The van der Waals surface area contributed by atoms with E-state index in [-0.39, 0.29) is 0 Å². The van der Waals surface area contributed by atoms with Crippen LogP contribution in [0.3, 0.4) is 0 Å². The minimum atomic E-state index is 0.653. The largest absolute Gasteiger partial charge is 0.255 e. The molecule has 0 spiro atoms. The summed E-state index contributed by atoms with van der Waals surface area (Å²) in [5.41, 5.74) is 5.57. The van der Waals surface area contributed by atoms with Gasteiger partial charge in [0.25, 0.3) is 0 Å². The van der Waals surface area contributed by atoms with Crippen LogP contribution in [0.25, 0.3) is 0 Å². The van der Waals surface area contributed by atoms with Gasteiger partial charge in [0.2, 0.25) is 0 Å². The Hall–Kier alpha value is -1.64. The number of aryl methyl sites for hydroxylation is 2. The third kappa shape index (κ3) is 7.96. The van der Waals surface area contributed by atoms with Crippen molar-refractivity contribution in [2.24, 2.45) is 0 Å². The van der Waals surface area contributed by atoms with Crippen LogP contribution in [0.5, 0.6) is 0 Å². The van der Waals surface area contributed by atoms with Crippen LogP contribution >= 0.6 is 0 Å². The summed E-state index contributed by atoms with van der Waals surface area (Å²) in [6.07, 6.45) is 0. The molecular weight excluding hydrogens is 272 g/mol. The fourth-order valence-electron chi connectivity index (χ4n) is 2.06. The van der Waals surface area contributed by atoms with Gasteiger partial charge in [-0.05, 0) is 36.8 Å². The van der Waals surface area contributed by atoms with Crippen LogP contribution in [0.15, 0.2) is 48.5 Å². The van der Waals surface area contributed by atoms with Gasteiger partial charge >= 0.3 is 0 Å². The molecule has 0 atom stereocenters. The molecule has 2 heteroatoms. The van der Waals surface area contributed by atoms with Crippen molar-refractivity contribution < 1.29 is 10.5 Å². The van der Waals surface area contributed by atoms with Gasteiger partial charge < -0.3 is 0 Å². The topological polar surface area (TPSA) is 40.5 Å². The lowest BCUT2D eigenvalue weighted by atomic mass is 10.0. The molecule has 0 aliphatic carbocycles. The molecule has 2 N–H and O–H groups in total. The lowest BCUT2D eigenvalue weighted by Crippen LogP contribution is -1.86. The van der Waals surface area contributed by atoms with E-state index in [2.05, 4.69) is 90.1 Å². The summed E-state index contributed by atoms with van der Waals surface area (Å²) in [6.45, 7) is 13.1. The van der Waals surface area contributed by atoms with Gasteiger partial charge in [0.1, 0.15) is 0 Å². The maximum atomic E-state index is 6.00. The lowest BCUT2D eigenvalue weighted by Gasteiger charge is -2.04. The SMILES string of the molecule is Cc1cccc(C(C)C)c1.Cc1cccc(C(C)C)c1.OO. The van der Waals surface area contributed by atoms with Crippen molar-refractivity contribution in [2.75, 3.05) is 0 Å². The smallest absolute Gasteiger partial charge is 0.0219 e. The zero-order valence-corrected chi connectivity index (χ0v) is 14.7. The average molecular weight is 302 g/mol. The maximum Gasteiger partial charge on any atom is -0.0219 e. The van der Waals surface area contributed by atoms with Crippen molar-refractivity contribution in [3.8, 4) is 0 Å². The fraction of sp³-hybridized carbons (Fsp3) is 0.400. The lowest BCUT2D eigenvalue weighted by molar-refractivity contribution is -0.176. The van der Waals surface area contributed by atoms with Crippen molar-refractivity contribution >= 4 is 0 Å². The predicted octanol–water partition coefficient (Wildman–Crippen LogP) is 6.25. The third-order valence-corrected chi connectivity index (χ3v) is 3.42. The molecule has 0 radical (unpaired) electrons. The van der Waals surface area contributed by atoms with E-state index in [4.69, 9.17) is 10.5 Å². The highest BCUT2D eigenvalue weighted by atomic mass is 17.0. The Morgan fingerprint density at radius 2 is 0.955 bits per heavy atom. The van der Waals surface area contributed by atoms with E-state index in [1.165, 1.54) is 22.3 Å². The molecule has 0 aliphatic heterocycles. The second-order valence-electron chi connectivity index (χ2n) is 6.14. The molecule has 2 rings (SSSR count). The van der Waals surface area contributed by atoms with Gasteiger partial charge in [0.15, 0.2) is 0 Å². The number of hydrogen-bond acceptors (Lipinski definition) is 2. The summed E-state index contributed by atoms with van der Waals surface area (Å²) in [5.74, 6) is 1.31. The van der Waals surface area contributed by atoms with E-state index in [0.29, 0.717) is 11.8 Å². The van der Waals surface area contributed by atoms with E-state index in [1.807, 2.05) is 0 Å². The second-order valence-corrected chi connectivity index (χ2v) is 6.14. The second kappa shape index (κ2) is 11.0. The summed E-state index contributed by atoms with van der Waals surface area (Å²) >= 11 is 0. The number of benzene rings is 2. The predicted molar refractivity (Wildman–Crippen MR) is 95.8 cm³/mol. The Morgan fingerprint density at radius 3 is 1.14 bits per heavy atom. The minimum absolute atomic E-state index is 0.653. The van der Waals surface area contributed by atoms with E-state index >= 15 is 0 Å². The van der Waals surface area contributed by atoms with Crippen LogP contribution in [0.1, 0.15) is 61.8 Å². The molecule has 2 nitrogen and oxygen atoms in total. The van der Waals surface area contributed by atoms with Crippen LogP contribution in [0.2, 0.25) is 0 Å². The summed E-state index contributed by atoms with van der Waals surface area (Å²) in [4.78, 5) is 0. The molecule has 2 aromatic carbocycles. The first-order valence-corrected chi connectivity index (χ1v) is 7.73. The quantitative estimate of drug-likeness (QED) is 0.508. The van der Waals surface area contributed by atoms with Crippen LogP contribution in [-0.4, -0.2) is 10.5 Å². The van der Waals surface area contributed by atoms with E-state index in [9.17, 15) is 0 Å². The van der Waals surface area contributed by atoms with Crippen LogP contribution < -0.4 is 0 Å². The Morgan fingerprint density at radius 1 is 0.636 bits per heavy atom. The van der Waals surface area contributed by atoms with E-state index in [1.54, 1.807) is 0 Å². The van der Waals surface area contributed by atoms with Crippen molar-refractivity contribution in [1.29, 1.82) is 0 Å². The summed E-state index contributed by atoms with van der Waals surface area (Å²) in [5, 5.41) is 12.0. The summed E-state index contributed by atoms with van der Waals surface area (Å²) in [7, 11) is 0. The summed E-state index contributed by atoms with van der Waals surface area (Å²) < 4.78 is 0. The van der Waals surface area contributed by atoms with Crippen LogP contribution in [-0.2, 0) is 0 Å². The summed E-state index contributed by atoms with van der Waals surface area (Å²) in [6, 6.07) is 17.3. The van der Waals surface area contributed by atoms with Gasteiger partial charge in [-0.15, -0.1) is 0 Å². The molecule has 0 aliphatic rings. The molecule has 122 valence electrons. The molecular formula is C20H30O2. The number of hydrogen-bond donors (Lipinski definition) is 2. The Kier molecular flexibility index (Phi) is 10.2.